The van der Waals surface area contributed by atoms with E-state index < -0.39 is 0 Å². The molecule has 0 N–H and O–H groups in total. The predicted octanol–water partition coefficient (Wildman–Crippen LogP) is 15.1. The fraction of sp³-hybridized carbons (Fsp3) is 0. The van der Waals surface area contributed by atoms with Crippen LogP contribution in [0.3, 0.4) is 0 Å². The second-order valence-electron chi connectivity index (χ2n) is 16.0. The zero-order valence-electron chi connectivity index (χ0n) is 33.9. The molecule has 0 radical (unpaired) electrons. The molecule has 13 aromatic rings. The summed E-state index contributed by atoms with van der Waals surface area (Å²) in [5, 5.41) is 7.19. The van der Waals surface area contributed by atoms with Crippen LogP contribution in [-0.2, 0) is 0 Å². The summed E-state index contributed by atoms with van der Waals surface area (Å²) >= 11 is 1.79. The molecule has 0 aliphatic heterocycles. The van der Waals surface area contributed by atoms with Crippen molar-refractivity contribution in [1.82, 2.24) is 24.1 Å². The second kappa shape index (κ2) is 14.2. The molecule has 13 rings (SSSR count). The third kappa shape index (κ3) is 5.66. The van der Waals surface area contributed by atoms with Gasteiger partial charge in [0.2, 0.25) is 5.95 Å². The monoisotopic (exact) mass is 821 g/mol. The molecule has 0 fully saturated rings. The molecule has 0 bridgehead atoms. The lowest BCUT2D eigenvalue weighted by molar-refractivity contribution is 0.954. The molecule has 0 saturated heterocycles. The van der Waals surface area contributed by atoms with Gasteiger partial charge in [0.15, 0.2) is 11.6 Å². The van der Waals surface area contributed by atoms with Gasteiger partial charge in [-0.25, -0.2) is 4.98 Å². The van der Waals surface area contributed by atoms with E-state index in [0.29, 0.717) is 17.6 Å². The highest BCUT2D eigenvalue weighted by Crippen LogP contribution is 2.43. The first-order valence-corrected chi connectivity index (χ1v) is 22.0. The Bertz CT molecular complexity index is 3900. The number of para-hydroxylation sites is 2. The lowest BCUT2D eigenvalue weighted by Crippen LogP contribution is -2.06. The molecule has 63 heavy (non-hydrogen) atoms. The van der Waals surface area contributed by atoms with Crippen LogP contribution >= 0.6 is 11.3 Å². The van der Waals surface area contributed by atoms with Crippen molar-refractivity contribution in [3.8, 4) is 56.7 Å². The quantitative estimate of drug-likeness (QED) is 0.168. The Balaban J connectivity index is 1.02. The molecule has 5 nitrogen and oxygen atoms in total. The normalized spacial score (nSPS) is 11.8. The fourth-order valence-electron chi connectivity index (χ4n) is 9.56. The van der Waals surface area contributed by atoms with E-state index in [-0.39, 0.29) is 0 Å². The van der Waals surface area contributed by atoms with Gasteiger partial charge in [0.05, 0.1) is 22.1 Å². The van der Waals surface area contributed by atoms with Crippen molar-refractivity contribution in [3.63, 3.8) is 0 Å². The van der Waals surface area contributed by atoms with E-state index in [9.17, 15) is 0 Å². The van der Waals surface area contributed by atoms with Crippen molar-refractivity contribution in [2.45, 2.75) is 0 Å². The first kappa shape index (κ1) is 35.6. The van der Waals surface area contributed by atoms with E-state index in [1.165, 1.54) is 64.9 Å². The molecule has 0 spiro atoms. The van der Waals surface area contributed by atoms with Crippen LogP contribution in [0, 0.1) is 0 Å². The summed E-state index contributed by atoms with van der Waals surface area (Å²) in [7, 11) is 0. The minimum atomic E-state index is 0.580. The molecule has 0 aliphatic carbocycles. The zero-order chi connectivity index (χ0) is 41.4. The topological polar surface area (TPSA) is 48.5 Å². The van der Waals surface area contributed by atoms with Crippen LogP contribution in [0.1, 0.15) is 0 Å². The second-order valence-corrected chi connectivity index (χ2v) is 17.0. The maximum atomic E-state index is 5.40. The van der Waals surface area contributed by atoms with Gasteiger partial charge in [-0.1, -0.05) is 170 Å². The number of rotatable bonds is 6. The van der Waals surface area contributed by atoms with Crippen molar-refractivity contribution in [2.24, 2.45) is 0 Å². The van der Waals surface area contributed by atoms with Crippen LogP contribution in [0.2, 0.25) is 0 Å². The number of hydrogen-bond acceptors (Lipinski definition) is 4. The highest BCUT2D eigenvalue weighted by Gasteiger charge is 2.22. The van der Waals surface area contributed by atoms with E-state index in [0.717, 1.165) is 37.9 Å². The van der Waals surface area contributed by atoms with Gasteiger partial charge in [-0.2, -0.15) is 9.97 Å². The lowest BCUT2D eigenvalue weighted by atomic mass is 9.99. The van der Waals surface area contributed by atoms with Crippen LogP contribution in [0.15, 0.2) is 212 Å². The number of thiophene rings is 1. The molecule has 0 aliphatic rings. The van der Waals surface area contributed by atoms with Gasteiger partial charge in [0.25, 0.3) is 0 Å². The van der Waals surface area contributed by atoms with Crippen molar-refractivity contribution in [2.75, 3.05) is 0 Å². The van der Waals surface area contributed by atoms with E-state index in [1.807, 2.05) is 18.2 Å². The summed E-state index contributed by atoms with van der Waals surface area (Å²) in [5.41, 5.74) is 12.2. The maximum absolute atomic E-state index is 5.40. The maximum Gasteiger partial charge on any atom is 0.238 e. The average molecular weight is 822 g/mol. The van der Waals surface area contributed by atoms with Gasteiger partial charge >= 0.3 is 0 Å². The molecule has 4 aromatic heterocycles. The number of fused-ring (bicyclic) bond motifs is 9. The van der Waals surface area contributed by atoms with Crippen molar-refractivity contribution < 1.29 is 0 Å². The van der Waals surface area contributed by atoms with Crippen molar-refractivity contribution in [1.29, 1.82) is 0 Å². The minimum Gasteiger partial charge on any atom is -0.309 e. The fourth-order valence-corrected chi connectivity index (χ4v) is 10.8. The smallest absolute Gasteiger partial charge is 0.238 e. The molecular formula is C57H35N5S. The van der Waals surface area contributed by atoms with E-state index >= 15 is 0 Å². The van der Waals surface area contributed by atoms with Gasteiger partial charge in [0, 0.05) is 58.5 Å². The summed E-state index contributed by atoms with van der Waals surface area (Å²) in [4.78, 5) is 15.9. The molecule has 0 amide bonds. The molecular weight excluding hydrogens is 787 g/mol. The van der Waals surface area contributed by atoms with Crippen LogP contribution in [0.25, 0.3) is 120 Å². The third-order valence-electron chi connectivity index (χ3n) is 12.4. The minimum absolute atomic E-state index is 0.580. The first-order chi connectivity index (χ1) is 31.2. The van der Waals surface area contributed by atoms with Gasteiger partial charge in [-0.3, -0.25) is 4.57 Å². The Morgan fingerprint density at radius 3 is 1.71 bits per heavy atom. The highest BCUT2D eigenvalue weighted by molar-refractivity contribution is 7.26. The summed E-state index contributed by atoms with van der Waals surface area (Å²) in [6.07, 6.45) is 0. The lowest BCUT2D eigenvalue weighted by Gasteiger charge is -2.11. The van der Waals surface area contributed by atoms with Crippen molar-refractivity contribution in [3.05, 3.63) is 212 Å². The van der Waals surface area contributed by atoms with Gasteiger partial charge < -0.3 is 4.57 Å². The first-order valence-electron chi connectivity index (χ1n) is 21.2. The highest BCUT2D eigenvalue weighted by atomic mass is 32.1. The number of aromatic nitrogens is 5. The zero-order valence-corrected chi connectivity index (χ0v) is 34.7. The number of benzene rings is 9. The van der Waals surface area contributed by atoms with Crippen LogP contribution in [0.4, 0.5) is 0 Å². The Hall–Kier alpha value is -8.19. The predicted molar refractivity (Wildman–Crippen MR) is 263 cm³/mol. The van der Waals surface area contributed by atoms with Crippen LogP contribution in [-0.4, -0.2) is 24.1 Å². The molecule has 9 aromatic carbocycles. The Kier molecular flexibility index (Phi) is 8.01. The van der Waals surface area contributed by atoms with Crippen LogP contribution < -0.4 is 0 Å². The summed E-state index contributed by atoms with van der Waals surface area (Å²) in [5.74, 6) is 1.84. The largest absolute Gasteiger partial charge is 0.309 e. The average Bonchev–Trinajstić information content (AvgIpc) is 4.02. The van der Waals surface area contributed by atoms with E-state index in [4.69, 9.17) is 15.0 Å². The van der Waals surface area contributed by atoms with E-state index in [1.54, 1.807) is 11.3 Å². The van der Waals surface area contributed by atoms with Gasteiger partial charge in [-0.05, 0) is 64.7 Å². The third-order valence-corrected chi connectivity index (χ3v) is 13.6. The molecule has 4 heterocycles. The molecule has 0 saturated carbocycles. The Labute approximate surface area is 366 Å². The van der Waals surface area contributed by atoms with Crippen LogP contribution in [0.5, 0.6) is 0 Å². The SMILES string of the molecule is c1ccc(-c2ccc3c4ccccc4n(-c4ccc5c(c4)sc4c(-c6nc(-c7ccccc7)nc(-n7c8ccccc8c8c(-c9ccccc9)cccc87)n6)cccc45)c3c2)cc1. The summed E-state index contributed by atoms with van der Waals surface area (Å²) < 4.78 is 6.97. The van der Waals surface area contributed by atoms with Crippen molar-refractivity contribution >= 4 is 75.1 Å². The summed E-state index contributed by atoms with van der Waals surface area (Å²) in [6.45, 7) is 0. The number of hydrogen-bond donors (Lipinski definition) is 0. The molecule has 0 atom stereocenters. The summed E-state index contributed by atoms with van der Waals surface area (Å²) in [6, 6.07) is 75.6. The van der Waals surface area contributed by atoms with Gasteiger partial charge in [-0.15, -0.1) is 11.3 Å². The standard InChI is InChI=1S/C57H35N5S/c1-4-16-36(17-5-1)39-30-32-43-42-22-10-12-27-48(42)61(51(43)34-39)40-31-33-44-45-25-14-26-47(54(45)63-52(44)35-40)56-58-55(38-20-8-3-9-21-38)59-57(60-56)62-49-28-13-11-23-46(49)53-41(24-15-29-50(53)62)37-18-6-2-7-19-37/h1-35H. The Morgan fingerprint density at radius 2 is 0.921 bits per heavy atom. The van der Waals surface area contributed by atoms with Gasteiger partial charge in [0.1, 0.15) is 0 Å². The Morgan fingerprint density at radius 1 is 0.333 bits per heavy atom. The molecule has 294 valence electrons. The number of nitrogens with zero attached hydrogens (tertiary/aromatic N) is 5. The van der Waals surface area contributed by atoms with E-state index in [2.05, 4.69) is 203 Å². The molecule has 0 unspecified atom stereocenters. The molecule has 6 heteroatoms.